The largest absolute Gasteiger partial charge is 0.497 e. The average Bonchev–Trinajstić information content (AvgIpc) is 3.00. The highest BCUT2D eigenvalue weighted by atomic mass is 16.6. The number of benzene rings is 2. The third-order valence-electron chi connectivity index (χ3n) is 8.84. The van der Waals surface area contributed by atoms with Gasteiger partial charge in [0.1, 0.15) is 23.4 Å². The number of carboxylic acid groups (broad SMARTS) is 1. The van der Waals surface area contributed by atoms with Gasteiger partial charge < -0.3 is 24.8 Å². The topological polar surface area (TPSA) is 125 Å². The molecule has 10 nitrogen and oxygen atoms in total. The van der Waals surface area contributed by atoms with Gasteiger partial charge >= 0.3 is 12.1 Å². The molecule has 2 aromatic rings. The number of ether oxygens (including phenoxy) is 2. The molecule has 0 radical (unpaired) electrons. The molecule has 0 spiro atoms. The molecule has 0 saturated heterocycles. The quantitative estimate of drug-likeness (QED) is 0.245. The summed E-state index contributed by atoms with van der Waals surface area (Å²) in [6.45, 7) is 18.0. The van der Waals surface area contributed by atoms with Crippen LogP contribution in [0.1, 0.15) is 80.4 Å². The van der Waals surface area contributed by atoms with Gasteiger partial charge in [0.15, 0.2) is 0 Å². The minimum absolute atomic E-state index is 0.104. The molecule has 0 aliphatic carbocycles. The third kappa shape index (κ3) is 9.61. The van der Waals surface area contributed by atoms with E-state index < -0.39 is 58.4 Å². The van der Waals surface area contributed by atoms with Crippen LogP contribution in [0.3, 0.4) is 0 Å². The normalized spacial score (nSPS) is 14.4. The van der Waals surface area contributed by atoms with Crippen LogP contribution < -0.4 is 10.1 Å². The molecule has 48 heavy (non-hydrogen) atoms. The first-order chi connectivity index (χ1) is 22.1. The number of amides is 3. The Bertz CT molecular complexity index is 1460. The minimum atomic E-state index is -1.13. The number of aliphatic carboxylic acids is 1. The summed E-state index contributed by atoms with van der Waals surface area (Å²) in [7, 11) is 4.70. The van der Waals surface area contributed by atoms with Crippen molar-refractivity contribution in [3.8, 4) is 5.75 Å². The van der Waals surface area contributed by atoms with Crippen molar-refractivity contribution in [1.29, 1.82) is 0 Å². The Labute approximate surface area is 286 Å². The first-order valence-electron chi connectivity index (χ1n) is 16.2. The number of carbonyl (C=O) groups excluding carboxylic acids is 3. The SMILES string of the molecule is COc1ccc(C(C)(C)[C@H](NC(=O)[C@@H](N(C)C(=O)OC(C)(C)C)C(C)(C)c2ccccc2)C(=O)N(C)[C@H](/C=C(\C)C(=O)O)C(C)C)cc1. The van der Waals surface area contributed by atoms with Crippen LogP contribution in [0.4, 0.5) is 4.79 Å². The van der Waals surface area contributed by atoms with Gasteiger partial charge in [-0.1, -0.05) is 90.1 Å². The van der Waals surface area contributed by atoms with Crippen LogP contribution in [0.15, 0.2) is 66.2 Å². The van der Waals surface area contributed by atoms with E-state index in [2.05, 4.69) is 5.32 Å². The maximum atomic E-state index is 14.7. The molecule has 3 atom stereocenters. The maximum absolute atomic E-state index is 14.7. The number of carboxylic acids is 1. The molecule has 2 N–H and O–H groups in total. The van der Waals surface area contributed by atoms with Crippen LogP contribution in [-0.4, -0.2) is 83.7 Å². The summed E-state index contributed by atoms with van der Waals surface area (Å²) >= 11 is 0. The zero-order valence-corrected chi connectivity index (χ0v) is 30.9. The Hall–Kier alpha value is -4.34. The molecule has 10 heteroatoms. The molecule has 0 bridgehead atoms. The van der Waals surface area contributed by atoms with Gasteiger partial charge in [-0.3, -0.25) is 14.5 Å². The molecule has 0 unspecified atom stereocenters. The summed E-state index contributed by atoms with van der Waals surface area (Å²) in [5.41, 5.74) is -1.05. The Morgan fingerprint density at radius 3 is 1.79 bits per heavy atom. The van der Waals surface area contributed by atoms with Crippen molar-refractivity contribution in [2.45, 2.75) is 104 Å². The zero-order chi connectivity index (χ0) is 36.8. The fourth-order valence-electron chi connectivity index (χ4n) is 5.84. The zero-order valence-electron chi connectivity index (χ0n) is 30.9. The fourth-order valence-corrected chi connectivity index (χ4v) is 5.84. The average molecular weight is 666 g/mol. The lowest BCUT2D eigenvalue weighted by Gasteiger charge is -2.43. The summed E-state index contributed by atoms with van der Waals surface area (Å²) < 4.78 is 11.0. The van der Waals surface area contributed by atoms with E-state index in [0.29, 0.717) is 5.75 Å². The summed E-state index contributed by atoms with van der Waals surface area (Å²) in [5.74, 6) is -1.56. The van der Waals surface area contributed by atoms with Crippen molar-refractivity contribution in [1.82, 2.24) is 15.1 Å². The van der Waals surface area contributed by atoms with Crippen LogP contribution in [-0.2, 0) is 30.0 Å². The summed E-state index contributed by atoms with van der Waals surface area (Å²) in [5, 5.41) is 12.7. The van der Waals surface area contributed by atoms with Crippen molar-refractivity contribution in [2.75, 3.05) is 21.2 Å². The lowest BCUT2D eigenvalue weighted by Crippen LogP contribution is -2.64. The molecule has 2 rings (SSSR count). The highest BCUT2D eigenvalue weighted by Crippen LogP contribution is 2.34. The standard InChI is InChI=1S/C38H55N3O7/c1-24(2)29(23-25(3)34(44)45)40(11)33(43)30(37(7,8)27-19-21-28(47-13)22-20-27)39-32(42)31(41(12)35(46)48-36(4,5)6)38(9,10)26-17-15-14-16-18-26/h14-24,29-31H,1-13H3,(H,39,42)(H,44,45)/b25-23+/t29-,30-,31-/m1/s1. The third-order valence-corrected chi connectivity index (χ3v) is 8.84. The van der Waals surface area contributed by atoms with E-state index in [4.69, 9.17) is 9.47 Å². The first kappa shape index (κ1) is 39.8. The first-order valence-corrected chi connectivity index (χ1v) is 16.2. The monoisotopic (exact) mass is 665 g/mol. The van der Waals surface area contributed by atoms with Gasteiger partial charge in [0.25, 0.3) is 0 Å². The molecular formula is C38H55N3O7. The van der Waals surface area contributed by atoms with E-state index in [9.17, 15) is 24.3 Å². The second-order valence-electron chi connectivity index (χ2n) is 14.8. The maximum Gasteiger partial charge on any atom is 0.410 e. The van der Waals surface area contributed by atoms with Crippen molar-refractivity contribution in [2.24, 2.45) is 5.92 Å². The van der Waals surface area contributed by atoms with Gasteiger partial charge in [-0.05, 0) is 56.9 Å². The number of nitrogens with one attached hydrogen (secondary N) is 1. The number of carbonyl (C=O) groups is 4. The van der Waals surface area contributed by atoms with E-state index in [1.807, 2.05) is 84.0 Å². The Kier molecular flexibility index (Phi) is 13.0. The van der Waals surface area contributed by atoms with Crippen molar-refractivity contribution < 1.29 is 33.8 Å². The number of hydrogen-bond acceptors (Lipinski definition) is 6. The van der Waals surface area contributed by atoms with Crippen molar-refractivity contribution >= 4 is 23.9 Å². The Morgan fingerprint density at radius 2 is 1.33 bits per heavy atom. The summed E-state index contributed by atoms with van der Waals surface area (Å²) in [6, 6.07) is 13.8. The van der Waals surface area contributed by atoms with E-state index >= 15 is 0 Å². The molecule has 0 aliphatic heterocycles. The van der Waals surface area contributed by atoms with E-state index in [1.54, 1.807) is 53.1 Å². The van der Waals surface area contributed by atoms with Gasteiger partial charge in [-0.25, -0.2) is 9.59 Å². The van der Waals surface area contributed by atoms with Gasteiger partial charge in [0.05, 0.1) is 13.2 Å². The van der Waals surface area contributed by atoms with Gasteiger partial charge in [0.2, 0.25) is 11.8 Å². The molecule has 0 saturated carbocycles. The van der Waals surface area contributed by atoms with Crippen LogP contribution in [0.5, 0.6) is 5.75 Å². The Morgan fingerprint density at radius 1 is 0.812 bits per heavy atom. The molecule has 0 heterocycles. The summed E-state index contributed by atoms with van der Waals surface area (Å²) in [4.78, 5) is 57.4. The van der Waals surface area contributed by atoms with E-state index in [-0.39, 0.29) is 11.5 Å². The smallest absolute Gasteiger partial charge is 0.410 e. The molecule has 264 valence electrons. The molecule has 0 aromatic heterocycles. The van der Waals surface area contributed by atoms with Gasteiger partial charge in [-0.15, -0.1) is 0 Å². The predicted molar refractivity (Wildman–Crippen MR) is 188 cm³/mol. The van der Waals surface area contributed by atoms with Gasteiger partial charge in [-0.2, -0.15) is 0 Å². The second kappa shape index (κ2) is 15.7. The van der Waals surface area contributed by atoms with Gasteiger partial charge in [0, 0.05) is 30.5 Å². The van der Waals surface area contributed by atoms with Crippen molar-refractivity contribution in [3.63, 3.8) is 0 Å². The molecular weight excluding hydrogens is 610 g/mol. The number of hydrogen-bond donors (Lipinski definition) is 2. The molecule has 0 fully saturated rings. The molecule has 3 amide bonds. The Balaban J connectivity index is 2.76. The number of rotatable bonds is 13. The molecule has 2 aromatic carbocycles. The van der Waals surface area contributed by atoms with Crippen molar-refractivity contribution in [3.05, 3.63) is 77.4 Å². The van der Waals surface area contributed by atoms with E-state index in [0.717, 1.165) is 11.1 Å². The number of nitrogens with zero attached hydrogens (tertiary/aromatic N) is 2. The lowest BCUT2D eigenvalue weighted by molar-refractivity contribution is -0.140. The highest BCUT2D eigenvalue weighted by Gasteiger charge is 2.47. The highest BCUT2D eigenvalue weighted by molar-refractivity contribution is 5.93. The predicted octanol–water partition coefficient (Wildman–Crippen LogP) is 6.18. The van der Waals surface area contributed by atoms with Crippen LogP contribution in [0, 0.1) is 5.92 Å². The minimum Gasteiger partial charge on any atom is -0.497 e. The second-order valence-corrected chi connectivity index (χ2v) is 14.8. The fraction of sp³-hybridized carbons (Fsp3) is 0.526. The number of likely N-dealkylation sites (N-methyl/N-ethyl adjacent to an activating group) is 2. The number of methoxy groups -OCH3 is 1. The lowest BCUT2D eigenvalue weighted by atomic mass is 9.74. The van der Waals surface area contributed by atoms with Crippen LogP contribution >= 0.6 is 0 Å². The van der Waals surface area contributed by atoms with Crippen LogP contribution in [0.25, 0.3) is 0 Å². The van der Waals surface area contributed by atoms with Crippen LogP contribution in [0.2, 0.25) is 0 Å². The summed E-state index contributed by atoms with van der Waals surface area (Å²) in [6.07, 6.45) is 0.872. The van der Waals surface area contributed by atoms with E-state index in [1.165, 1.54) is 23.8 Å². The molecule has 0 aliphatic rings.